The van der Waals surface area contributed by atoms with Crippen molar-refractivity contribution >= 4 is 23.1 Å². The minimum Gasteiger partial charge on any atom is -0.465 e. The van der Waals surface area contributed by atoms with Crippen LogP contribution in [-0.2, 0) is 6.67 Å². The van der Waals surface area contributed by atoms with Gasteiger partial charge in [0.2, 0.25) is 0 Å². The molecule has 0 saturated heterocycles. The van der Waals surface area contributed by atoms with Gasteiger partial charge in [0.15, 0.2) is 4.80 Å². The minimum absolute atomic E-state index is 0.100. The van der Waals surface area contributed by atoms with E-state index in [0.717, 1.165) is 5.69 Å². The quantitative estimate of drug-likeness (QED) is 0.716. The van der Waals surface area contributed by atoms with Gasteiger partial charge in [0.05, 0.1) is 10.8 Å². The summed E-state index contributed by atoms with van der Waals surface area (Å²) in [5, 5.41) is 0. The summed E-state index contributed by atoms with van der Waals surface area (Å²) < 4.78 is 20.5. The number of rotatable bonds is 2. The zero-order valence-corrected chi connectivity index (χ0v) is 12.8. The number of benzene rings is 1. The van der Waals surface area contributed by atoms with E-state index in [-0.39, 0.29) is 11.4 Å². The van der Waals surface area contributed by atoms with E-state index in [9.17, 15) is 9.18 Å². The second kappa shape index (κ2) is 5.51. The highest BCUT2D eigenvalue weighted by molar-refractivity contribution is 7.07. The molecule has 1 aliphatic rings. The molecule has 0 bridgehead atoms. The summed E-state index contributed by atoms with van der Waals surface area (Å²) >= 11 is 1.34. The van der Waals surface area contributed by atoms with Crippen molar-refractivity contribution in [1.82, 2.24) is 4.57 Å². The predicted molar refractivity (Wildman–Crippen MR) is 85.4 cm³/mol. The second-order valence-corrected chi connectivity index (χ2v) is 6.11. The van der Waals surface area contributed by atoms with Gasteiger partial charge in [0.1, 0.15) is 24.9 Å². The van der Waals surface area contributed by atoms with Gasteiger partial charge in [0.25, 0.3) is 5.56 Å². The summed E-state index contributed by atoms with van der Waals surface area (Å²) in [5.41, 5.74) is 0.729. The molecule has 0 radical (unpaired) electrons. The predicted octanol–water partition coefficient (Wildman–Crippen LogP) is 1.53. The molecule has 0 N–H and O–H groups in total. The van der Waals surface area contributed by atoms with E-state index in [1.807, 2.05) is 4.90 Å². The highest BCUT2D eigenvalue weighted by atomic mass is 32.1. The molecule has 5 nitrogen and oxygen atoms in total. The molecule has 0 unspecified atom stereocenters. The van der Waals surface area contributed by atoms with Gasteiger partial charge < -0.3 is 9.32 Å². The van der Waals surface area contributed by atoms with Crippen LogP contribution in [0.2, 0.25) is 0 Å². The molecular formula is C16H12FN3O2S. The summed E-state index contributed by atoms with van der Waals surface area (Å²) in [4.78, 5) is 19.6. The van der Waals surface area contributed by atoms with Gasteiger partial charge >= 0.3 is 0 Å². The van der Waals surface area contributed by atoms with E-state index in [2.05, 4.69) is 4.99 Å². The zero-order valence-electron chi connectivity index (χ0n) is 12.0. The maximum Gasteiger partial charge on any atom is 0.271 e. The molecule has 23 heavy (non-hydrogen) atoms. The smallest absolute Gasteiger partial charge is 0.271 e. The third-order valence-electron chi connectivity index (χ3n) is 3.59. The Balaban J connectivity index is 1.72. The van der Waals surface area contributed by atoms with E-state index in [1.165, 1.54) is 23.5 Å². The second-order valence-electron chi connectivity index (χ2n) is 5.10. The number of hydrogen-bond acceptors (Lipinski definition) is 5. The first-order valence-corrected chi connectivity index (χ1v) is 7.82. The molecule has 3 heterocycles. The van der Waals surface area contributed by atoms with Gasteiger partial charge in [-0.05, 0) is 36.4 Å². The monoisotopic (exact) mass is 329 g/mol. The molecule has 0 aliphatic carbocycles. The fourth-order valence-electron chi connectivity index (χ4n) is 2.43. The Morgan fingerprint density at radius 2 is 2.09 bits per heavy atom. The lowest BCUT2D eigenvalue weighted by molar-refractivity contribution is 0.556. The van der Waals surface area contributed by atoms with Crippen molar-refractivity contribution in [2.75, 3.05) is 11.6 Å². The standard InChI is InChI=1S/C16H12FN3O2S/c17-11-3-5-12(6-4-11)19-9-18-16-20(10-19)15(21)14(23-16)8-13-2-1-7-22-13/h1-8H,9-10H2/b14-8+. The van der Waals surface area contributed by atoms with Crippen molar-refractivity contribution in [2.45, 2.75) is 6.67 Å². The first-order chi connectivity index (χ1) is 11.2. The average Bonchev–Trinajstić information content (AvgIpc) is 3.17. The Labute approximate surface area is 134 Å². The number of anilines is 1. The third kappa shape index (κ3) is 2.59. The number of hydrogen-bond donors (Lipinski definition) is 0. The topological polar surface area (TPSA) is 50.7 Å². The Kier molecular flexibility index (Phi) is 3.34. The molecule has 7 heteroatoms. The van der Waals surface area contributed by atoms with Crippen LogP contribution in [0.1, 0.15) is 5.76 Å². The van der Waals surface area contributed by atoms with Crippen LogP contribution >= 0.6 is 11.3 Å². The molecule has 0 atom stereocenters. The molecular weight excluding hydrogens is 317 g/mol. The summed E-state index contributed by atoms with van der Waals surface area (Å²) in [5.74, 6) is 0.350. The van der Waals surface area contributed by atoms with E-state index in [1.54, 1.807) is 41.2 Å². The average molecular weight is 329 g/mol. The molecule has 0 spiro atoms. The number of thiazole rings is 1. The fraction of sp³-hybridized carbons (Fsp3) is 0.125. The molecule has 4 rings (SSSR count). The van der Waals surface area contributed by atoms with Crippen molar-refractivity contribution in [2.24, 2.45) is 4.99 Å². The van der Waals surface area contributed by atoms with Gasteiger partial charge in [-0.2, -0.15) is 0 Å². The summed E-state index contributed by atoms with van der Waals surface area (Å²) in [6.45, 7) is 0.831. The van der Waals surface area contributed by atoms with Crippen molar-refractivity contribution in [1.29, 1.82) is 0 Å². The minimum atomic E-state index is -0.286. The summed E-state index contributed by atoms with van der Waals surface area (Å²) in [6.07, 6.45) is 3.29. The van der Waals surface area contributed by atoms with E-state index in [0.29, 0.717) is 28.4 Å². The van der Waals surface area contributed by atoms with Crippen LogP contribution in [0.25, 0.3) is 6.08 Å². The highest BCUT2D eigenvalue weighted by Gasteiger charge is 2.16. The Bertz CT molecular complexity index is 1000. The van der Waals surface area contributed by atoms with Crippen LogP contribution < -0.4 is 19.8 Å². The van der Waals surface area contributed by atoms with E-state index >= 15 is 0 Å². The lowest BCUT2D eigenvalue weighted by atomic mass is 10.3. The van der Waals surface area contributed by atoms with Gasteiger partial charge in [0, 0.05) is 11.8 Å². The summed E-state index contributed by atoms with van der Waals surface area (Å²) in [7, 11) is 0. The van der Waals surface area contributed by atoms with Crippen molar-refractivity contribution in [3.8, 4) is 0 Å². The van der Waals surface area contributed by atoms with Gasteiger partial charge in [-0.15, -0.1) is 0 Å². The molecule has 0 saturated carbocycles. The molecule has 0 fully saturated rings. The normalized spacial score (nSPS) is 14.7. The van der Waals surface area contributed by atoms with Gasteiger partial charge in [-0.25, -0.2) is 9.38 Å². The van der Waals surface area contributed by atoms with Crippen molar-refractivity contribution in [3.05, 3.63) is 73.9 Å². The van der Waals surface area contributed by atoms with Crippen LogP contribution in [0.3, 0.4) is 0 Å². The van der Waals surface area contributed by atoms with Gasteiger partial charge in [-0.1, -0.05) is 11.3 Å². The first kappa shape index (κ1) is 14.0. The zero-order chi connectivity index (χ0) is 15.8. The SMILES string of the molecule is O=c1/c(=C\c2ccco2)sc2n1CN(c1ccc(F)cc1)CN=2. The lowest BCUT2D eigenvalue weighted by Crippen LogP contribution is -2.42. The Morgan fingerprint density at radius 3 is 2.83 bits per heavy atom. The number of aromatic nitrogens is 1. The van der Waals surface area contributed by atoms with Crippen molar-refractivity contribution < 1.29 is 8.81 Å². The molecule has 1 aromatic carbocycles. The maximum atomic E-state index is 13.0. The van der Waals surface area contributed by atoms with Crippen LogP contribution in [0, 0.1) is 5.82 Å². The third-order valence-corrected chi connectivity index (χ3v) is 4.63. The van der Waals surface area contributed by atoms with Crippen LogP contribution in [0.5, 0.6) is 0 Å². The maximum absolute atomic E-state index is 13.0. The van der Waals surface area contributed by atoms with E-state index < -0.39 is 0 Å². The number of furan rings is 1. The van der Waals surface area contributed by atoms with Crippen molar-refractivity contribution in [3.63, 3.8) is 0 Å². The van der Waals surface area contributed by atoms with Crippen LogP contribution in [0.4, 0.5) is 10.1 Å². The largest absolute Gasteiger partial charge is 0.465 e. The van der Waals surface area contributed by atoms with Crippen LogP contribution in [0.15, 0.2) is 56.9 Å². The first-order valence-electron chi connectivity index (χ1n) is 7.00. The highest BCUT2D eigenvalue weighted by Crippen LogP contribution is 2.16. The number of nitrogens with zero attached hydrogens (tertiary/aromatic N) is 3. The molecule has 116 valence electrons. The fourth-order valence-corrected chi connectivity index (χ4v) is 3.37. The Hall–Kier alpha value is -2.67. The number of halogens is 1. The lowest BCUT2D eigenvalue weighted by Gasteiger charge is -2.25. The van der Waals surface area contributed by atoms with Crippen LogP contribution in [-0.4, -0.2) is 11.2 Å². The molecule has 1 aliphatic heterocycles. The molecule has 2 aromatic heterocycles. The van der Waals surface area contributed by atoms with E-state index in [4.69, 9.17) is 4.42 Å². The summed E-state index contributed by atoms with van der Waals surface area (Å²) in [6, 6.07) is 9.74. The molecule has 3 aromatic rings. The Morgan fingerprint density at radius 1 is 1.26 bits per heavy atom. The molecule has 0 amide bonds. The number of fused-ring (bicyclic) bond motifs is 1. The van der Waals surface area contributed by atoms with Gasteiger partial charge in [-0.3, -0.25) is 9.36 Å².